The number of hydrogen-bond donors (Lipinski definition) is 1. The van der Waals surface area contributed by atoms with Crippen LogP contribution in [-0.4, -0.2) is 26.4 Å². The Kier molecular flexibility index (Phi) is 9.45. The zero-order chi connectivity index (χ0) is 24.0. The van der Waals surface area contributed by atoms with Gasteiger partial charge in [0.25, 0.3) is 0 Å². The van der Waals surface area contributed by atoms with E-state index >= 15 is 0 Å². The molecule has 0 heterocycles. The van der Waals surface area contributed by atoms with Crippen molar-refractivity contribution < 1.29 is 18.9 Å². The van der Waals surface area contributed by atoms with Gasteiger partial charge in [0.15, 0.2) is 0 Å². The predicted molar refractivity (Wildman–Crippen MR) is 138 cm³/mol. The van der Waals surface area contributed by atoms with Crippen molar-refractivity contribution >= 4 is 0 Å². The molecule has 1 N–H and O–H groups in total. The minimum absolute atomic E-state index is 0.432. The van der Waals surface area contributed by atoms with Gasteiger partial charge in [-0.25, -0.2) is 0 Å². The summed E-state index contributed by atoms with van der Waals surface area (Å²) in [5.74, 6) is 3.19. The number of nitrogens with one attached hydrogen (secondary N) is 1. The van der Waals surface area contributed by atoms with Gasteiger partial charge in [-0.05, 0) is 35.9 Å². The number of ether oxygens (including phenoxy) is 4. The summed E-state index contributed by atoms with van der Waals surface area (Å²) in [5, 5.41) is 3.49. The lowest BCUT2D eigenvalue weighted by molar-refractivity contribution is 0.208. The molecule has 0 atom stereocenters. The van der Waals surface area contributed by atoms with Gasteiger partial charge in [-0.3, -0.25) is 0 Å². The average Bonchev–Trinajstić information content (AvgIpc) is 2.92. The van der Waals surface area contributed by atoms with E-state index < -0.39 is 0 Å². The topological polar surface area (TPSA) is 49.0 Å². The number of para-hydroxylation sites is 2. The molecule has 0 unspecified atom stereocenters. The normalized spacial score (nSPS) is 10.5. The summed E-state index contributed by atoms with van der Waals surface area (Å²) in [6, 6.07) is 35.8. The maximum absolute atomic E-state index is 6.10. The van der Waals surface area contributed by atoms with Crippen LogP contribution in [0.4, 0.5) is 0 Å². The third-order valence-electron chi connectivity index (χ3n) is 5.24. The Hall–Kier alpha value is -3.96. The van der Waals surface area contributed by atoms with Gasteiger partial charge in [-0.15, -0.1) is 0 Å². The van der Waals surface area contributed by atoms with Gasteiger partial charge in [-0.1, -0.05) is 72.8 Å². The predicted octanol–water partition coefficient (Wildman–Crippen LogP) is 5.89. The third kappa shape index (κ3) is 8.40. The average molecular weight is 470 g/mol. The zero-order valence-corrected chi connectivity index (χ0v) is 19.8. The summed E-state index contributed by atoms with van der Waals surface area (Å²) in [7, 11) is 0. The summed E-state index contributed by atoms with van der Waals surface area (Å²) >= 11 is 0. The van der Waals surface area contributed by atoms with E-state index in [0.29, 0.717) is 33.0 Å². The Labute approximate surface area is 207 Å². The van der Waals surface area contributed by atoms with Crippen LogP contribution in [0.3, 0.4) is 0 Å². The lowest BCUT2D eigenvalue weighted by Crippen LogP contribution is -2.15. The lowest BCUT2D eigenvalue weighted by atomic mass is 10.1. The van der Waals surface area contributed by atoms with Crippen molar-refractivity contribution in [2.24, 2.45) is 0 Å². The molecular formula is C30H31NO4. The fourth-order valence-electron chi connectivity index (χ4n) is 3.51. The van der Waals surface area contributed by atoms with Crippen LogP contribution in [0.25, 0.3) is 0 Å². The molecule has 0 fully saturated rings. The first kappa shape index (κ1) is 24.2. The Morgan fingerprint density at radius 1 is 0.457 bits per heavy atom. The highest BCUT2D eigenvalue weighted by molar-refractivity contribution is 5.41. The van der Waals surface area contributed by atoms with Gasteiger partial charge in [0, 0.05) is 24.7 Å². The Morgan fingerprint density at radius 2 is 0.971 bits per heavy atom. The summed E-state index contributed by atoms with van der Waals surface area (Å²) in [5.41, 5.74) is 2.30. The van der Waals surface area contributed by atoms with Gasteiger partial charge in [-0.2, -0.15) is 0 Å². The molecule has 0 aliphatic carbocycles. The van der Waals surface area contributed by atoms with Crippen LogP contribution in [-0.2, 0) is 13.1 Å². The van der Waals surface area contributed by atoms with Crippen molar-refractivity contribution in [2.75, 3.05) is 26.4 Å². The first-order valence-corrected chi connectivity index (χ1v) is 11.9. The van der Waals surface area contributed by atoms with Crippen LogP contribution in [0.15, 0.2) is 109 Å². The van der Waals surface area contributed by atoms with Crippen LogP contribution in [0, 0.1) is 0 Å². The van der Waals surface area contributed by atoms with Crippen molar-refractivity contribution in [2.45, 2.75) is 13.1 Å². The van der Waals surface area contributed by atoms with Crippen LogP contribution < -0.4 is 24.3 Å². The molecule has 0 amide bonds. The fraction of sp³-hybridized carbons (Fsp3) is 0.200. The second kappa shape index (κ2) is 13.7. The smallest absolute Gasteiger partial charge is 0.127 e. The maximum Gasteiger partial charge on any atom is 0.127 e. The fourth-order valence-corrected chi connectivity index (χ4v) is 3.51. The summed E-state index contributed by atoms with van der Waals surface area (Å²) in [6.45, 7) is 3.26. The van der Waals surface area contributed by atoms with Crippen LogP contribution in [0.5, 0.6) is 23.0 Å². The highest BCUT2D eigenvalue weighted by Gasteiger charge is 2.08. The molecule has 0 saturated carbocycles. The van der Waals surface area contributed by atoms with E-state index in [0.717, 1.165) is 35.1 Å². The highest BCUT2D eigenvalue weighted by atomic mass is 16.5. The first-order chi connectivity index (χ1) is 17.4. The summed E-state index contributed by atoms with van der Waals surface area (Å²) < 4.78 is 23.5. The van der Waals surface area contributed by atoms with Crippen LogP contribution in [0.2, 0.25) is 0 Å². The van der Waals surface area contributed by atoms with E-state index in [9.17, 15) is 0 Å². The first-order valence-electron chi connectivity index (χ1n) is 11.9. The molecule has 5 heteroatoms. The van der Waals surface area contributed by atoms with Gasteiger partial charge in [0.2, 0.25) is 0 Å². The second-order valence-electron chi connectivity index (χ2n) is 7.88. The molecule has 0 aliphatic heterocycles. The molecule has 0 bridgehead atoms. The standard InChI is InChI=1S/C30H31NO4/c1-4-10-25(11-5-1)23-31-24-26-16-17-29(34-19-18-32-27-12-6-2-7-13-27)22-30(26)35-21-20-33-28-14-8-3-9-15-28/h1-17,22,31H,18-21,23-24H2. The van der Waals surface area contributed by atoms with E-state index in [1.807, 2.05) is 97.1 Å². The van der Waals surface area contributed by atoms with E-state index in [4.69, 9.17) is 18.9 Å². The highest BCUT2D eigenvalue weighted by Crippen LogP contribution is 2.25. The zero-order valence-electron chi connectivity index (χ0n) is 19.8. The van der Waals surface area contributed by atoms with Crippen molar-refractivity contribution in [1.29, 1.82) is 0 Å². The van der Waals surface area contributed by atoms with E-state index in [1.165, 1.54) is 5.56 Å². The summed E-state index contributed by atoms with van der Waals surface area (Å²) in [4.78, 5) is 0. The largest absolute Gasteiger partial charge is 0.490 e. The molecule has 0 aliphatic rings. The lowest BCUT2D eigenvalue weighted by Gasteiger charge is -2.15. The molecule has 4 aromatic rings. The summed E-state index contributed by atoms with van der Waals surface area (Å²) in [6.07, 6.45) is 0. The van der Waals surface area contributed by atoms with E-state index in [2.05, 4.69) is 17.4 Å². The molecule has 35 heavy (non-hydrogen) atoms. The molecular weight excluding hydrogens is 438 g/mol. The SMILES string of the molecule is c1ccc(CNCc2ccc(OCCOc3ccccc3)cc2OCCOc2ccccc2)cc1. The molecule has 0 spiro atoms. The second-order valence-corrected chi connectivity index (χ2v) is 7.88. The number of benzene rings is 4. The molecule has 5 nitrogen and oxygen atoms in total. The third-order valence-corrected chi connectivity index (χ3v) is 5.24. The van der Waals surface area contributed by atoms with Crippen LogP contribution >= 0.6 is 0 Å². The Balaban J connectivity index is 1.31. The maximum atomic E-state index is 6.10. The molecule has 4 aromatic carbocycles. The van der Waals surface area contributed by atoms with E-state index in [-0.39, 0.29) is 0 Å². The molecule has 4 rings (SSSR count). The molecule has 0 saturated heterocycles. The van der Waals surface area contributed by atoms with Gasteiger partial charge < -0.3 is 24.3 Å². The monoisotopic (exact) mass is 469 g/mol. The minimum Gasteiger partial charge on any atom is -0.490 e. The van der Waals surface area contributed by atoms with Crippen molar-refractivity contribution in [3.05, 3.63) is 120 Å². The van der Waals surface area contributed by atoms with Crippen LogP contribution in [0.1, 0.15) is 11.1 Å². The van der Waals surface area contributed by atoms with Crippen molar-refractivity contribution in [3.63, 3.8) is 0 Å². The molecule has 0 radical (unpaired) electrons. The van der Waals surface area contributed by atoms with E-state index in [1.54, 1.807) is 0 Å². The number of rotatable bonds is 14. The quantitative estimate of drug-likeness (QED) is 0.233. The van der Waals surface area contributed by atoms with Gasteiger partial charge in [0.05, 0.1) is 0 Å². The molecule has 0 aromatic heterocycles. The Morgan fingerprint density at radius 3 is 1.57 bits per heavy atom. The van der Waals surface area contributed by atoms with Gasteiger partial charge >= 0.3 is 0 Å². The van der Waals surface area contributed by atoms with Crippen molar-refractivity contribution in [1.82, 2.24) is 5.32 Å². The Bertz CT molecular complexity index is 1120. The minimum atomic E-state index is 0.432. The number of hydrogen-bond acceptors (Lipinski definition) is 5. The molecule has 180 valence electrons. The van der Waals surface area contributed by atoms with Gasteiger partial charge in [0.1, 0.15) is 49.4 Å². The van der Waals surface area contributed by atoms with Crippen molar-refractivity contribution in [3.8, 4) is 23.0 Å².